The molecule has 32 heavy (non-hydrogen) atoms. The zero-order valence-electron chi connectivity index (χ0n) is 17.8. The number of carbonyl (C=O) groups is 5. The fourth-order valence-electron chi connectivity index (χ4n) is 2.80. The Morgan fingerprint density at radius 3 is 1.91 bits per heavy atom. The zero-order valence-corrected chi connectivity index (χ0v) is 18.5. The smallest absolute Gasteiger partial charge is 0.342 e. The fourth-order valence-corrected chi connectivity index (χ4v) is 2.96. The molecule has 1 heterocycles. The molecule has 1 N–H and O–H groups in total. The Kier molecular flexibility index (Phi) is 10.8. The van der Waals surface area contributed by atoms with Crippen molar-refractivity contribution in [1.82, 2.24) is 10.3 Å². The van der Waals surface area contributed by atoms with Crippen LogP contribution in [0.1, 0.15) is 27.7 Å². The monoisotopic (exact) mass is 481 g/mol. The molecule has 0 aromatic heterocycles. The van der Waals surface area contributed by atoms with Crippen LogP contribution in [0.25, 0.3) is 0 Å². The highest BCUT2D eigenvalue weighted by molar-refractivity contribution is 6.18. The number of carbonyl (C=O) groups excluding carboxylic acids is 5. The molecule has 180 valence electrons. The average molecular weight is 482 g/mol. The molecule has 1 saturated heterocycles. The van der Waals surface area contributed by atoms with Crippen LogP contribution in [-0.4, -0.2) is 84.6 Å². The van der Waals surface area contributed by atoms with Crippen molar-refractivity contribution in [3.8, 4) is 0 Å². The van der Waals surface area contributed by atoms with Gasteiger partial charge in [-0.15, -0.1) is 16.5 Å². The Labute approximate surface area is 187 Å². The van der Waals surface area contributed by atoms with E-state index in [0.29, 0.717) is 5.01 Å². The van der Waals surface area contributed by atoms with Gasteiger partial charge in [0.2, 0.25) is 0 Å². The fraction of sp³-hybridized carbons (Fsp3) is 0.706. The maximum absolute atomic E-state index is 12.4. The summed E-state index contributed by atoms with van der Waals surface area (Å²) in [5, 5.41) is 5.24. The Morgan fingerprint density at radius 1 is 0.906 bits per heavy atom. The van der Waals surface area contributed by atoms with Crippen LogP contribution in [0, 0.1) is 4.91 Å². The number of nitroso groups, excluding NO2 is 1. The summed E-state index contributed by atoms with van der Waals surface area (Å²) in [6.07, 6.45) is -7.14. The number of alkyl halides is 1. The first-order valence-electron chi connectivity index (χ1n) is 9.27. The zero-order chi connectivity index (χ0) is 24.4. The Balaban J connectivity index is 3.36. The van der Waals surface area contributed by atoms with Gasteiger partial charge < -0.3 is 29.0 Å². The molecule has 2 amide bonds. The Hall–Kier alpha value is -3.00. The summed E-state index contributed by atoms with van der Waals surface area (Å²) >= 11 is 5.53. The molecule has 0 radical (unpaired) electrons. The van der Waals surface area contributed by atoms with E-state index in [2.05, 4.69) is 10.6 Å². The van der Waals surface area contributed by atoms with Gasteiger partial charge in [0, 0.05) is 33.6 Å². The molecule has 1 fully saturated rings. The van der Waals surface area contributed by atoms with Crippen LogP contribution in [0.2, 0.25) is 0 Å². The van der Waals surface area contributed by atoms with Crippen LogP contribution in [-0.2, 0) is 42.9 Å². The Bertz CT molecular complexity index is 735. The van der Waals surface area contributed by atoms with E-state index in [0.717, 1.165) is 27.7 Å². The van der Waals surface area contributed by atoms with E-state index in [1.54, 1.807) is 0 Å². The molecule has 0 bridgehead atoms. The van der Waals surface area contributed by atoms with Crippen molar-refractivity contribution in [2.45, 2.75) is 58.3 Å². The number of ether oxygens (including phenoxy) is 5. The summed E-state index contributed by atoms with van der Waals surface area (Å²) in [5.74, 6) is -3.29. The van der Waals surface area contributed by atoms with Crippen molar-refractivity contribution in [3.05, 3.63) is 4.91 Å². The lowest BCUT2D eigenvalue weighted by Gasteiger charge is -2.44. The molecule has 0 aliphatic carbocycles. The lowest BCUT2D eigenvalue weighted by atomic mass is 9.97. The molecular weight excluding hydrogens is 458 g/mol. The number of rotatable bonds is 9. The summed E-state index contributed by atoms with van der Waals surface area (Å²) in [6, 6.07) is -1.07. The molecule has 14 nitrogen and oxygen atoms in total. The van der Waals surface area contributed by atoms with Gasteiger partial charge in [0.25, 0.3) is 0 Å². The van der Waals surface area contributed by atoms with Crippen LogP contribution in [0.3, 0.4) is 0 Å². The minimum Gasteiger partial charge on any atom is -0.463 e. The van der Waals surface area contributed by atoms with Gasteiger partial charge in [0.05, 0.1) is 11.8 Å². The maximum atomic E-state index is 12.4. The SMILES string of the molecule is CC(=O)OC[C@H]1O[C@@H](NC(=O)N(CCCl)N=O)[C@@H](OC(C)=O)[C@@H](OC(C)=O)[C@@H]1OC(C)=O. The molecule has 5 atom stereocenters. The lowest BCUT2D eigenvalue weighted by Crippen LogP contribution is -2.66. The quantitative estimate of drug-likeness (QED) is 0.154. The van der Waals surface area contributed by atoms with Gasteiger partial charge in [-0.05, 0) is 0 Å². The second-order valence-electron chi connectivity index (χ2n) is 6.46. The van der Waals surface area contributed by atoms with Crippen LogP contribution in [0.15, 0.2) is 5.29 Å². The maximum Gasteiger partial charge on any atom is 0.342 e. The van der Waals surface area contributed by atoms with Crippen LogP contribution in [0.4, 0.5) is 4.79 Å². The number of esters is 4. The highest BCUT2D eigenvalue weighted by atomic mass is 35.5. The predicted molar refractivity (Wildman–Crippen MR) is 104 cm³/mol. The first kappa shape index (κ1) is 27.0. The van der Waals surface area contributed by atoms with E-state index in [9.17, 15) is 28.9 Å². The molecule has 1 rings (SSSR count). The van der Waals surface area contributed by atoms with Gasteiger partial charge in [0.15, 0.2) is 24.5 Å². The number of halogens is 1. The minimum atomic E-state index is -1.53. The first-order valence-corrected chi connectivity index (χ1v) is 9.81. The third kappa shape index (κ3) is 8.26. The number of amides is 2. The van der Waals surface area contributed by atoms with Gasteiger partial charge in [0.1, 0.15) is 12.7 Å². The standard InChI is InChI=1S/C17H24ClN3O11/c1-8(22)28-7-12-13(29-9(2)23)14(30-10(3)24)15(31-11(4)25)16(32-12)19-17(26)21(20-27)6-5-18/h12-16H,5-7H2,1-4H3,(H,19,26)/t12-,13-,14+,15+,16-/m1/s1. The van der Waals surface area contributed by atoms with Gasteiger partial charge in [-0.3, -0.25) is 19.2 Å². The highest BCUT2D eigenvalue weighted by Gasteiger charge is 2.52. The molecule has 1 aliphatic rings. The highest BCUT2D eigenvalue weighted by Crippen LogP contribution is 2.28. The van der Waals surface area contributed by atoms with Crippen LogP contribution in [0.5, 0.6) is 0 Å². The number of hydrogen-bond donors (Lipinski definition) is 1. The third-order valence-corrected chi connectivity index (χ3v) is 4.05. The minimum absolute atomic E-state index is 0.113. The number of hydrogen-bond acceptors (Lipinski definition) is 12. The molecule has 0 unspecified atom stereocenters. The molecule has 15 heteroatoms. The van der Waals surface area contributed by atoms with E-state index in [4.69, 9.17) is 35.3 Å². The van der Waals surface area contributed by atoms with Crippen molar-refractivity contribution in [2.24, 2.45) is 5.29 Å². The van der Waals surface area contributed by atoms with E-state index >= 15 is 0 Å². The van der Waals surface area contributed by atoms with Crippen LogP contribution >= 0.6 is 11.6 Å². The summed E-state index contributed by atoms with van der Waals surface area (Å²) in [4.78, 5) is 69.6. The van der Waals surface area contributed by atoms with E-state index in [-0.39, 0.29) is 12.4 Å². The molecule has 1 aliphatic heterocycles. The van der Waals surface area contributed by atoms with Gasteiger partial charge in [-0.25, -0.2) is 4.79 Å². The second kappa shape index (κ2) is 12.8. The van der Waals surface area contributed by atoms with E-state index in [1.807, 2.05) is 0 Å². The normalized spacial score (nSPS) is 24.5. The van der Waals surface area contributed by atoms with Crippen molar-refractivity contribution in [1.29, 1.82) is 0 Å². The molecule has 0 aromatic rings. The second-order valence-corrected chi connectivity index (χ2v) is 6.84. The van der Waals surface area contributed by atoms with E-state index in [1.165, 1.54) is 0 Å². The van der Waals surface area contributed by atoms with Crippen molar-refractivity contribution >= 4 is 41.5 Å². The predicted octanol–water partition coefficient (Wildman–Crippen LogP) is 0.00130. The third-order valence-electron chi connectivity index (χ3n) is 3.89. The van der Waals surface area contributed by atoms with Crippen molar-refractivity contribution < 1.29 is 47.7 Å². The van der Waals surface area contributed by atoms with Gasteiger partial charge >= 0.3 is 29.9 Å². The summed E-state index contributed by atoms with van der Waals surface area (Å²) < 4.78 is 26.1. The molecular formula is C17H24ClN3O11. The topological polar surface area (TPSA) is 176 Å². The molecule has 0 spiro atoms. The van der Waals surface area contributed by atoms with Crippen molar-refractivity contribution in [3.63, 3.8) is 0 Å². The lowest BCUT2D eigenvalue weighted by molar-refractivity contribution is -0.255. The number of urea groups is 1. The van der Waals surface area contributed by atoms with Gasteiger partial charge in [-0.2, -0.15) is 5.01 Å². The van der Waals surface area contributed by atoms with Gasteiger partial charge in [-0.1, -0.05) is 0 Å². The Morgan fingerprint density at radius 2 is 1.44 bits per heavy atom. The van der Waals surface area contributed by atoms with E-state index < -0.39 is 67.2 Å². The average Bonchev–Trinajstić information content (AvgIpc) is 2.67. The summed E-state index contributed by atoms with van der Waals surface area (Å²) in [5.41, 5.74) is 0. The van der Waals surface area contributed by atoms with Crippen LogP contribution < -0.4 is 5.32 Å². The summed E-state index contributed by atoms with van der Waals surface area (Å²) in [6.45, 7) is 3.57. The molecule has 0 aromatic carbocycles. The number of nitrogens with zero attached hydrogens (tertiary/aromatic N) is 2. The number of nitrogens with one attached hydrogen (secondary N) is 1. The summed E-state index contributed by atoms with van der Waals surface area (Å²) in [7, 11) is 0. The largest absolute Gasteiger partial charge is 0.463 e. The first-order chi connectivity index (χ1) is 15.0. The molecule has 0 saturated carbocycles. The van der Waals surface area contributed by atoms with Crippen molar-refractivity contribution in [2.75, 3.05) is 19.0 Å².